The summed E-state index contributed by atoms with van der Waals surface area (Å²) < 4.78 is 2.51. The molecule has 0 aliphatic heterocycles. The highest BCUT2D eigenvalue weighted by Gasteiger charge is 2.38. The van der Waals surface area contributed by atoms with E-state index in [0.717, 1.165) is 11.4 Å². The van der Waals surface area contributed by atoms with E-state index in [2.05, 4.69) is 212 Å². The SMILES string of the molecule is Cc1ccc2c(c1)c1cc(C)ccc1n2-c1cc2c(c3ccccc13)-c1ccc(N(c3ccc(C(C)(C)C)cc3)c3ccc(C(C)(C)C)cc3)cc1C2(C)C. The molecule has 1 aromatic heterocycles. The molecule has 0 spiro atoms. The molecule has 0 N–H and O–H groups in total. The summed E-state index contributed by atoms with van der Waals surface area (Å²) in [6.07, 6.45) is 0. The maximum atomic E-state index is 2.51. The molecule has 0 bridgehead atoms. The fraction of sp³-hybridized carbons (Fsp3) is 0.245. The average Bonchev–Trinajstić information content (AvgIpc) is 3.58. The predicted octanol–water partition coefficient (Wildman–Crippen LogP) is 14.9. The second-order valence-electron chi connectivity index (χ2n) is 18.5. The molecule has 2 heteroatoms. The zero-order valence-electron chi connectivity index (χ0n) is 34.1. The van der Waals surface area contributed by atoms with E-state index >= 15 is 0 Å². The summed E-state index contributed by atoms with van der Waals surface area (Å²) in [5.74, 6) is 0. The van der Waals surface area contributed by atoms with Crippen LogP contribution in [0.5, 0.6) is 0 Å². The second kappa shape index (κ2) is 12.2. The van der Waals surface area contributed by atoms with Crippen LogP contribution >= 0.6 is 0 Å². The number of hydrogen-bond acceptors (Lipinski definition) is 1. The molecule has 274 valence electrons. The van der Waals surface area contributed by atoms with Gasteiger partial charge < -0.3 is 9.47 Å². The molecule has 1 heterocycles. The highest BCUT2D eigenvalue weighted by atomic mass is 15.1. The second-order valence-corrected chi connectivity index (χ2v) is 18.5. The summed E-state index contributed by atoms with van der Waals surface area (Å²) in [5, 5.41) is 5.19. The number of nitrogens with zero attached hydrogens (tertiary/aromatic N) is 2. The first-order chi connectivity index (χ1) is 26.1. The van der Waals surface area contributed by atoms with Gasteiger partial charge in [-0.05, 0) is 130 Å². The molecule has 0 unspecified atom stereocenters. The first-order valence-electron chi connectivity index (χ1n) is 19.9. The Morgan fingerprint density at radius 1 is 0.473 bits per heavy atom. The van der Waals surface area contributed by atoms with Gasteiger partial charge in [-0.1, -0.05) is 133 Å². The van der Waals surface area contributed by atoms with E-state index in [1.54, 1.807) is 0 Å². The predicted molar refractivity (Wildman–Crippen MR) is 237 cm³/mol. The molecular formula is C53H52N2. The van der Waals surface area contributed by atoms with Crippen LogP contribution in [0.4, 0.5) is 17.1 Å². The number of benzene rings is 7. The molecule has 1 aliphatic rings. The average molecular weight is 717 g/mol. The normalized spacial score (nSPS) is 13.8. The van der Waals surface area contributed by atoms with Crippen molar-refractivity contribution in [2.24, 2.45) is 0 Å². The van der Waals surface area contributed by atoms with Crippen molar-refractivity contribution in [3.05, 3.63) is 167 Å². The van der Waals surface area contributed by atoms with Crippen LogP contribution < -0.4 is 4.90 Å². The van der Waals surface area contributed by atoms with Crippen LogP contribution in [0.1, 0.15) is 88.8 Å². The van der Waals surface area contributed by atoms with Crippen LogP contribution in [0.25, 0.3) is 49.4 Å². The lowest BCUT2D eigenvalue weighted by atomic mass is 9.81. The van der Waals surface area contributed by atoms with Crippen LogP contribution in [0.3, 0.4) is 0 Å². The Morgan fingerprint density at radius 2 is 0.964 bits per heavy atom. The van der Waals surface area contributed by atoms with Crippen molar-refractivity contribution in [3.8, 4) is 16.8 Å². The van der Waals surface area contributed by atoms with Gasteiger partial charge in [-0.25, -0.2) is 0 Å². The third-order valence-electron chi connectivity index (χ3n) is 12.2. The van der Waals surface area contributed by atoms with E-state index < -0.39 is 0 Å². The van der Waals surface area contributed by atoms with E-state index in [1.807, 2.05) is 0 Å². The molecule has 0 atom stereocenters. The van der Waals surface area contributed by atoms with Crippen molar-refractivity contribution in [2.75, 3.05) is 4.90 Å². The number of rotatable bonds is 4. The Morgan fingerprint density at radius 3 is 1.47 bits per heavy atom. The Balaban J connectivity index is 1.25. The van der Waals surface area contributed by atoms with Gasteiger partial charge in [-0.3, -0.25) is 0 Å². The van der Waals surface area contributed by atoms with Gasteiger partial charge in [0.2, 0.25) is 0 Å². The lowest BCUT2D eigenvalue weighted by Crippen LogP contribution is -2.17. The molecule has 0 amide bonds. The van der Waals surface area contributed by atoms with Gasteiger partial charge in [0.1, 0.15) is 0 Å². The minimum absolute atomic E-state index is 0.0832. The zero-order valence-corrected chi connectivity index (χ0v) is 34.1. The van der Waals surface area contributed by atoms with Gasteiger partial charge >= 0.3 is 0 Å². The van der Waals surface area contributed by atoms with Crippen LogP contribution in [-0.2, 0) is 16.2 Å². The maximum Gasteiger partial charge on any atom is 0.0544 e. The van der Waals surface area contributed by atoms with Crippen molar-refractivity contribution >= 4 is 49.6 Å². The largest absolute Gasteiger partial charge is 0.310 e. The van der Waals surface area contributed by atoms with Gasteiger partial charge in [0.25, 0.3) is 0 Å². The number of aromatic nitrogens is 1. The summed E-state index contributed by atoms with van der Waals surface area (Å²) >= 11 is 0. The summed E-state index contributed by atoms with van der Waals surface area (Å²) in [4.78, 5) is 2.43. The molecular weight excluding hydrogens is 665 g/mol. The quantitative estimate of drug-likeness (QED) is 0.176. The maximum absolute atomic E-state index is 2.51. The van der Waals surface area contributed by atoms with E-state index in [9.17, 15) is 0 Å². The van der Waals surface area contributed by atoms with Crippen molar-refractivity contribution in [1.82, 2.24) is 4.57 Å². The molecule has 7 aromatic carbocycles. The third-order valence-corrected chi connectivity index (χ3v) is 12.2. The molecule has 55 heavy (non-hydrogen) atoms. The van der Waals surface area contributed by atoms with Gasteiger partial charge in [-0.15, -0.1) is 0 Å². The zero-order chi connectivity index (χ0) is 38.6. The van der Waals surface area contributed by atoms with Crippen LogP contribution in [0.15, 0.2) is 133 Å². The minimum Gasteiger partial charge on any atom is -0.310 e. The molecule has 2 nitrogen and oxygen atoms in total. The molecule has 1 aliphatic carbocycles. The summed E-state index contributed by atoms with van der Waals surface area (Å²) in [6, 6.07) is 50.9. The van der Waals surface area contributed by atoms with Gasteiger partial charge in [0, 0.05) is 38.6 Å². The number of aryl methyl sites for hydroxylation is 2. The first kappa shape index (κ1) is 35.1. The van der Waals surface area contributed by atoms with Gasteiger partial charge in [0.05, 0.1) is 16.7 Å². The Bertz CT molecular complexity index is 2680. The number of fused-ring (bicyclic) bond motifs is 8. The Kier molecular flexibility index (Phi) is 7.79. The van der Waals surface area contributed by atoms with Gasteiger partial charge in [0.15, 0.2) is 0 Å². The molecule has 9 rings (SSSR count). The highest BCUT2D eigenvalue weighted by Crippen LogP contribution is 2.54. The summed E-state index contributed by atoms with van der Waals surface area (Å²) in [6.45, 7) is 22.9. The molecule has 0 fully saturated rings. The van der Waals surface area contributed by atoms with Crippen molar-refractivity contribution in [3.63, 3.8) is 0 Å². The lowest BCUT2D eigenvalue weighted by Gasteiger charge is -2.29. The Labute approximate surface area is 327 Å². The monoisotopic (exact) mass is 716 g/mol. The third kappa shape index (κ3) is 5.60. The fourth-order valence-electron chi connectivity index (χ4n) is 9.05. The van der Waals surface area contributed by atoms with E-state index in [1.165, 1.54) is 88.5 Å². The van der Waals surface area contributed by atoms with Crippen LogP contribution in [0.2, 0.25) is 0 Å². The van der Waals surface area contributed by atoms with Crippen LogP contribution in [-0.4, -0.2) is 4.57 Å². The van der Waals surface area contributed by atoms with E-state index in [-0.39, 0.29) is 16.2 Å². The smallest absolute Gasteiger partial charge is 0.0544 e. The molecule has 0 radical (unpaired) electrons. The standard InChI is InChI=1S/C53H52N2/c1-33-15-27-47-43(29-33)44-30-34(2)16-28-48(44)55(47)49-32-46-50(41-14-12-11-13-40(41)49)42-26-25-39(31-45(42)53(46,9)10)54(37-21-17-35(18-22-37)51(3,4)5)38-23-19-36(20-24-38)52(6,7)8/h11-32H,1-10H3. The first-order valence-corrected chi connectivity index (χ1v) is 19.9. The Hall–Kier alpha value is -5.60. The van der Waals surface area contributed by atoms with Crippen molar-refractivity contribution < 1.29 is 0 Å². The summed E-state index contributed by atoms with van der Waals surface area (Å²) in [5.41, 5.74) is 17.8. The van der Waals surface area contributed by atoms with E-state index in [4.69, 9.17) is 0 Å². The summed E-state index contributed by atoms with van der Waals surface area (Å²) in [7, 11) is 0. The van der Waals surface area contributed by atoms with E-state index in [0.29, 0.717) is 0 Å². The van der Waals surface area contributed by atoms with Crippen molar-refractivity contribution in [2.45, 2.75) is 85.5 Å². The number of anilines is 3. The molecule has 0 saturated carbocycles. The molecule has 8 aromatic rings. The fourth-order valence-corrected chi connectivity index (χ4v) is 9.05. The highest BCUT2D eigenvalue weighted by molar-refractivity contribution is 6.13. The lowest BCUT2D eigenvalue weighted by molar-refractivity contribution is 0.590. The van der Waals surface area contributed by atoms with Crippen molar-refractivity contribution in [1.29, 1.82) is 0 Å². The topological polar surface area (TPSA) is 8.17 Å². The number of hydrogen-bond donors (Lipinski definition) is 0. The van der Waals surface area contributed by atoms with Crippen LogP contribution in [0, 0.1) is 13.8 Å². The molecule has 0 saturated heterocycles. The minimum atomic E-state index is -0.233. The van der Waals surface area contributed by atoms with Gasteiger partial charge in [-0.2, -0.15) is 0 Å².